The summed E-state index contributed by atoms with van der Waals surface area (Å²) in [5.74, 6) is 0.831. The van der Waals surface area contributed by atoms with Crippen molar-refractivity contribution in [3.05, 3.63) is 66.6 Å². The predicted molar refractivity (Wildman–Crippen MR) is 102 cm³/mol. The third kappa shape index (κ3) is 3.95. The molecular weight excluding hydrogens is 367 g/mol. The van der Waals surface area contributed by atoms with Gasteiger partial charge in [-0.1, -0.05) is 12.1 Å². The monoisotopic (exact) mass is 382 g/mol. The summed E-state index contributed by atoms with van der Waals surface area (Å²) in [4.78, 5) is 21.5. The average molecular weight is 382 g/mol. The maximum atomic E-state index is 13.1. The van der Waals surface area contributed by atoms with Gasteiger partial charge in [-0.2, -0.15) is 0 Å². The van der Waals surface area contributed by atoms with E-state index in [9.17, 15) is 9.18 Å². The molecule has 0 aliphatic carbocycles. The van der Waals surface area contributed by atoms with Crippen LogP contribution in [0.4, 0.5) is 10.2 Å². The van der Waals surface area contributed by atoms with E-state index >= 15 is 0 Å². The molecular formula is C19H15FN4O2S. The summed E-state index contributed by atoms with van der Waals surface area (Å²) in [6, 6.07) is 11.8. The number of furan rings is 1. The molecule has 8 heteroatoms. The minimum Gasteiger partial charge on any atom is -0.467 e. The van der Waals surface area contributed by atoms with Crippen LogP contribution in [0, 0.1) is 5.82 Å². The van der Waals surface area contributed by atoms with Crippen molar-refractivity contribution in [3.8, 4) is 10.4 Å². The van der Waals surface area contributed by atoms with Gasteiger partial charge in [0, 0.05) is 4.88 Å². The molecule has 0 atom stereocenters. The zero-order chi connectivity index (χ0) is 18.6. The van der Waals surface area contributed by atoms with Crippen LogP contribution >= 0.6 is 11.3 Å². The third-order valence-corrected chi connectivity index (χ3v) is 5.08. The summed E-state index contributed by atoms with van der Waals surface area (Å²) in [6.45, 7) is 0.414. The molecule has 0 aliphatic heterocycles. The molecule has 4 rings (SSSR count). The van der Waals surface area contributed by atoms with Crippen molar-refractivity contribution >= 4 is 33.3 Å². The first kappa shape index (κ1) is 17.2. The number of hydrogen-bond acceptors (Lipinski definition) is 6. The Hall–Kier alpha value is -3.26. The molecule has 0 saturated heterocycles. The highest BCUT2D eigenvalue weighted by Gasteiger charge is 2.11. The van der Waals surface area contributed by atoms with Crippen LogP contribution in [0.3, 0.4) is 0 Å². The number of nitrogens with zero attached hydrogens (tertiary/aromatic N) is 2. The zero-order valence-electron chi connectivity index (χ0n) is 14.1. The number of thiophene rings is 1. The molecule has 0 unspecified atom stereocenters. The maximum absolute atomic E-state index is 13.1. The minimum atomic E-state index is -0.275. The van der Waals surface area contributed by atoms with Crippen LogP contribution in [0.5, 0.6) is 0 Å². The summed E-state index contributed by atoms with van der Waals surface area (Å²) in [5, 5.41) is 5.82. The number of aromatic nitrogens is 2. The summed E-state index contributed by atoms with van der Waals surface area (Å²) in [6.07, 6.45) is 3.01. The van der Waals surface area contributed by atoms with Gasteiger partial charge in [0.25, 0.3) is 0 Å². The lowest BCUT2D eigenvalue weighted by molar-refractivity contribution is -0.119. The summed E-state index contributed by atoms with van der Waals surface area (Å²) in [7, 11) is 0. The van der Waals surface area contributed by atoms with Gasteiger partial charge < -0.3 is 15.1 Å². The van der Waals surface area contributed by atoms with E-state index in [1.54, 1.807) is 30.5 Å². The molecule has 4 aromatic rings. The third-order valence-electron chi connectivity index (χ3n) is 3.90. The van der Waals surface area contributed by atoms with Crippen LogP contribution in [0.15, 0.2) is 59.5 Å². The average Bonchev–Trinajstić information content (AvgIpc) is 3.35. The standard InChI is InChI=1S/C19H15FN4O2S/c20-13-5-3-12(4-6-13)16-8-15-18(27-16)19(24-11-23-15)22-10-17(25)21-9-14-2-1-7-26-14/h1-8,11H,9-10H2,(H,21,25)(H,22,23,24). The second-order valence-corrected chi connectivity index (χ2v) is 6.82. The molecule has 0 saturated carbocycles. The van der Waals surface area contributed by atoms with E-state index in [0.717, 1.165) is 20.7 Å². The normalized spacial score (nSPS) is 10.9. The molecule has 0 fully saturated rings. The van der Waals surface area contributed by atoms with E-state index in [1.165, 1.54) is 29.8 Å². The SMILES string of the molecule is O=C(CNc1ncnc2cc(-c3ccc(F)cc3)sc12)NCc1ccco1. The Morgan fingerprint density at radius 3 is 2.81 bits per heavy atom. The van der Waals surface area contributed by atoms with Gasteiger partial charge in [-0.25, -0.2) is 14.4 Å². The van der Waals surface area contributed by atoms with Gasteiger partial charge in [0.05, 0.1) is 29.6 Å². The van der Waals surface area contributed by atoms with E-state index in [1.807, 2.05) is 6.07 Å². The topological polar surface area (TPSA) is 80.0 Å². The molecule has 0 bridgehead atoms. The quantitative estimate of drug-likeness (QED) is 0.530. The number of halogens is 1. The van der Waals surface area contributed by atoms with Gasteiger partial charge in [-0.15, -0.1) is 11.3 Å². The first-order chi connectivity index (χ1) is 13.2. The van der Waals surface area contributed by atoms with Gasteiger partial charge in [-0.05, 0) is 35.9 Å². The highest BCUT2D eigenvalue weighted by atomic mass is 32.1. The van der Waals surface area contributed by atoms with Crippen molar-refractivity contribution in [2.24, 2.45) is 0 Å². The molecule has 1 aromatic carbocycles. The number of nitrogens with one attached hydrogen (secondary N) is 2. The van der Waals surface area contributed by atoms with Gasteiger partial charge in [-0.3, -0.25) is 4.79 Å². The van der Waals surface area contributed by atoms with Crippen LogP contribution < -0.4 is 10.6 Å². The molecule has 27 heavy (non-hydrogen) atoms. The van der Waals surface area contributed by atoms with Crippen molar-refractivity contribution in [2.75, 3.05) is 11.9 Å². The van der Waals surface area contributed by atoms with Gasteiger partial charge in [0.1, 0.15) is 23.7 Å². The predicted octanol–water partition coefficient (Wildman–Crippen LogP) is 3.82. The van der Waals surface area contributed by atoms with Crippen LogP contribution in [-0.2, 0) is 11.3 Å². The Balaban J connectivity index is 1.47. The molecule has 3 heterocycles. The Kier molecular flexibility index (Phi) is 4.80. The first-order valence-corrected chi connectivity index (χ1v) is 9.04. The van der Waals surface area contributed by atoms with Crippen molar-refractivity contribution in [1.82, 2.24) is 15.3 Å². The number of hydrogen-bond donors (Lipinski definition) is 2. The number of fused-ring (bicyclic) bond motifs is 1. The molecule has 1 amide bonds. The molecule has 0 radical (unpaired) electrons. The summed E-state index contributed by atoms with van der Waals surface area (Å²) >= 11 is 1.49. The van der Waals surface area contributed by atoms with Crippen molar-refractivity contribution in [3.63, 3.8) is 0 Å². The lowest BCUT2D eigenvalue weighted by atomic mass is 10.2. The van der Waals surface area contributed by atoms with Crippen molar-refractivity contribution in [1.29, 1.82) is 0 Å². The number of benzene rings is 1. The maximum Gasteiger partial charge on any atom is 0.239 e. The zero-order valence-corrected chi connectivity index (χ0v) is 14.9. The van der Waals surface area contributed by atoms with Crippen molar-refractivity contribution < 1.29 is 13.6 Å². The second-order valence-electron chi connectivity index (χ2n) is 5.76. The van der Waals surface area contributed by atoms with E-state index in [-0.39, 0.29) is 18.3 Å². The highest BCUT2D eigenvalue weighted by Crippen LogP contribution is 2.35. The van der Waals surface area contributed by atoms with Crippen LogP contribution in [0.1, 0.15) is 5.76 Å². The van der Waals surface area contributed by atoms with Gasteiger partial charge in [0.2, 0.25) is 5.91 Å². The largest absolute Gasteiger partial charge is 0.467 e. The Morgan fingerprint density at radius 1 is 1.19 bits per heavy atom. The highest BCUT2D eigenvalue weighted by molar-refractivity contribution is 7.22. The number of carbonyl (C=O) groups is 1. The Bertz CT molecular complexity index is 1060. The molecule has 2 N–H and O–H groups in total. The number of rotatable bonds is 6. The fourth-order valence-electron chi connectivity index (χ4n) is 2.56. The fourth-order valence-corrected chi connectivity index (χ4v) is 3.64. The Labute approximate surface area is 158 Å². The van der Waals surface area contributed by atoms with Crippen LogP contribution in [-0.4, -0.2) is 22.4 Å². The molecule has 136 valence electrons. The van der Waals surface area contributed by atoms with Crippen molar-refractivity contribution in [2.45, 2.75) is 6.54 Å². The number of anilines is 1. The summed E-state index contributed by atoms with van der Waals surface area (Å²) in [5.41, 5.74) is 1.68. The fraction of sp³-hybridized carbons (Fsp3) is 0.105. The summed E-state index contributed by atoms with van der Waals surface area (Å²) < 4.78 is 19.1. The molecule has 3 aromatic heterocycles. The van der Waals surface area contributed by atoms with Crippen LogP contribution in [0.25, 0.3) is 20.7 Å². The van der Waals surface area contributed by atoms with E-state index in [4.69, 9.17) is 4.42 Å². The smallest absolute Gasteiger partial charge is 0.239 e. The Morgan fingerprint density at radius 2 is 2.04 bits per heavy atom. The van der Waals surface area contributed by atoms with E-state index < -0.39 is 0 Å². The molecule has 0 spiro atoms. The second kappa shape index (κ2) is 7.55. The minimum absolute atomic E-state index is 0.0800. The van der Waals surface area contributed by atoms with E-state index in [2.05, 4.69) is 20.6 Å². The lowest BCUT2D eigenvalue weighted by Gasteiger charge is -2.06. The van der Waals surface area contributed by atoms with Crippen LogP contribution in [0.2, 0.25) is 0 Å². The van der Waals surface area contributed by atoms with E-state index in [0.29, 0.717) is 18.1 Å². The number of carbonyl (C=O) groups excluding carboxylic acids is 1. The molecule has 6 nitrogen and oxygen atoms in total. The first-order valence-electron chi connectivity index (χ1n) is 8.22. The lowest BCUT2D eigenvalue weighted by Crippen LogP contribution is -2.29. The van der Waals surface area contributed by atoms with Gasteiger partial charge in [0.15, 0.2) is 0 Å². The number of amides is 1. The molecule has 0 aliphatic rings. The van der Waals surface area contributed by atoms with Gasteiger partial charge >= 0.3 is 0 Å².